The van der Waals surface area contributed by atoms with Crippen LogP contribution >= 0.6 is 0 Å². The molecular weight excluding hydrogens is 399 g/mol. The maximum Gasteiger partial charge on any atom is 0.167 e. The van der Waals surface area contributed by atoms with Crippen molar-refractivity contribution < 1.29 is 33.4 Å². The number of halogens is 1. The van der Waals surface area contributed by atoms with Gasteiger partial charge >= 0.3 is 0 Å². The first kappa shape index (κ1) is 19.8. The second-order valence-corrected chi connectivity index (χ2v) is 6.55. The second-order valence-electron chi connectivity index (χ2n) is 6.55. The fraction of sp³-hybridized carbons (Fsp3) is 0.316. The van der Waals surface area contributed by atoms with Crippen molar-refractivity contribution in [2.45, 2.75) is 13.0 Å². The molecule has 1 N–H and O–H groups in total. The number of benzene rings is 2. The largest absolute Gasteiger partial charge is 1.00 e. The van der Waals surface area contributed by atoms with E-state index in [1.165, 1.54) is 0 Å². The molecule has 2 atom stereocenters. The second kappa shape index (κ2) is 8.57. The maximum absolute atomic E-state index is 12.8. The van der Waals surface area contributed by atoms with Crippen LogP contribution in [0.15, 0.2) is 60.7 Å². The molecule has 3 nitrogen and oxygen atoms in total. The number of Topliss-reactive ketones (excluding diaryl/α,β-unsaturated/α-hetero) is 1. The Labute approximate surface area is 156 Å². The lowest BCUT2D eigenvalue weighted by atomic mass is 9.88. The summed E-state index contributed by atoms with van der Waals surface area (Å²) in [7, 11) is 6.20. The first-order chi connectivity index (χ1) is 10.4. The lowest BCUT2D eigenvalue weighted by Crippen LogP contribution is -3.00. The van der Waals surface area contributed by atoms with Crippen LogP contribution in [0.25, 0.3) is 0 Å². The molecule has 0 saturated carbocycles. The van der Waals surface area contributed by atoms with E-state index >= 15 is 0 Å². The molecule has 2 aromatic rings. The molecule has 2 aromatic carbocycles. The Bertz CT molecular complexity index is 608. The number of nitrogens with zero attached hydrogens (tertiary/aromatic N) is 1. The highest BCUT2D eigenvalue weighted by Gasteiger charge is 2.30. The molecule has 2 unspecified atom stereocenters. The zero-order chi connectivity index (χ0) is 16.2. The molecule has 0 aromatic heterocycles. The molecule has 4 heteroatoms. The van der Waals surface area contributed by atoms with Crippen molar-refractivity contribution in [1.82, 2.24) is 5.43 Å². The molecule has 0 bridgehead atoms. The van der Waals surface area contributed by atoms with Gasteiger partial charge in [0.15, 0.2) is 5.78 Å². The van der Waals surface area contributed by atoms with Gasteiger partial charge in [0.1, 0.15) is 0 Å². The van der Waals surface area contributed by atoms with Gasteiger partial charge in [-0.15, -0.1) is 0 Å². The summed E-state index contributed by atoms with van der Waals surface area (Å²) in [6.45, 7) is 2.00. The zero-order valence-electron chi connectivity index (χ0n) is 14.2. The highest BCUT2D eigenvalue weighted by Crippen LogP contribution is 2.26. The Morgan fingerprint density at radius 1 is 0.913 bits per heavy atom. The maximum atomic E-state index is 12.8. The van der Waals surface area contributed by atoms with E-state index in [1.54, 1.807) is 0 Å². The minimum absolute atomic E-state index is 0. The number of carbonyl (C=O) groups is 1. The average molecular weight is 424 g/mol. The van der Waals surface area contributed by atoms with E-state index < -0.39 is 0 Å². The van der Waals surface area contributed by atoms with Crippen LogP contribution in [-0.4, -0.2) is 31.5 Å². The summed E-state index contributed by atoms with van der Waals surface area (Å²) >= 11 is 0. The number of nitrogens with one attached hydrogen (secondary N) is 1. The van der Waals surface area contributed by atoms with Crippen molar-refractivity contribution in [2.24, 2.45) is 5.92 Å². The summed E-state index contributed by atoms with van der Waals surface area (Å²) in [5, 5.41) is 0. The van der Waals surface area contributed by atoms with E-state index in [9.17, 15) is 4.79 Å². The van der Waals surface area contributed by atoms with E-state index in [0.717, 1.165) is 11.1 Å². The van der Waals surface area contributed by atoms with Gasteiger partial charge in [-0.05, 0) is 5.56 Å². The smallest absolute Gasteiger partial charge is 0.167 e. The third kappa shape index (κ3) is 5.71. The number of ketones is 1. The molecule has 23 heavy (non-hydrogen) atoms. The normalized spacial score (nSPS) is 13.7. The Balaban J connectivity index is 0.00000264. The number of carbonyl (C=O) groups excluding carboxylic acids is 1. The third-order valence-electron chi connectivity index (χ3n) is 3.66. The van der Waals surface area contributed by atoms with Crippen molar-refractivity contribution in [3.63, 3.8) is 0 Å². The molecule has 124 valence electrons. The standard InChI is InChI=1S/C19H25N2O.HI/c1-15(19(22)17-13-9-6-10-14-17)18(20-21(2,3)4)16-11-7-5-8-12-16;/h5-15,18,20H,1-4H3;1H/q+1;/p-1. The summed E-state index contributed by atoms with van der Waals surface area (Å²) < 4.78 is 0.589. The van der Waals surface area contributed by atoms with E-state index in [4.69, 9.17) is 0 Å². The van der Waals surface area contributed by atoms with Crippen LogP contribution in [0, 0.1) is 5.92 Å². The SMILES string of the molecule is CC(C(=O)c1ccccc1)C(N[N+](C)(C)C)c1ccccc1.[I-]. The number of rotatable bonds is 6. The van der Waals surface area contributed by atoms with Gasteiger partial charge in [-0.3, -0.25) is 9.39 Å². The first-order valence-corrected chi connectivity index (χ1v) is 7.62. The Kier molecular flexibility index (Phi) is 7.38. The molecule has 0 spiro atoms. The minimum Gasteiger partial charge on any atom is -1.00 e. The van der Waals surface area contributed by atoms with Gasteiger partial charge in [-0.25, -0.2) is 0 Å². The highest BCUT2D eigenvalue weighted by molar-refractivity contribution is 5.98. The van der Waals surface area contributed by atoms with Gasteiger partial charge in [-0.2, -0.15) is 5.43 Å². The monoisotopic (exact) mass is 424 g/mol. The van der Waals surface area contributed by atoms with E-state index in [2.05, 4.69) is 38.7 Å². The summed E-state index contributed by atoms with van der Waals surface area (Å²) in [5.41, 5.74) is 5.43. The number of quaternary nitrogens is 1. The third-order valence-corrected chi connectivity index (χ3v) is 3.66. The van der Waals surface area contributed by atoms with Gasteiger partial charge in [0, 0.05) is 11.5 Å². The molecule has 0 saturated heterocycles. The predicted molar refractivity (Wildman–Crippen MR) is 90.3 cm³/mol. The summed E-state index contributed by atoms with van der Waals surface area (Å²) in [4.78, 5) is 12.8. The quantitative estimate of drug-likeness (QED) is 0.316. The molecule has 0 amide bonds. The van der Waals surface area contributed by atoms with Crippen LogP contribution < -0.4 is 29.4 Å². The number of hydrogen-bond donors (Lipinski definition) is 1. The van der Waals surface area contributed by atoms with E-state index in [0.29, 0.717) is 4.59 Å². The van der Waals surface area contributed by atoms with Gasteiger partial charge in [-0.1, -0.05) is 67.6 Å². The lowest BCUT2D eigenvalue weighted by molar-refractivity contribution is -0.919. The van der Waals surface area contributed by atoms with Crippen molar-refractivity contribution in [2.75, 3.05) is 21.1 Å². The molecule has 0 fully saturated rings. The van der Waals surface area contributed by atoms with Crippen LogP contribution in [0.3, 0.4) is 0 Å². The van der Waals surface area contributed by atoms with Crippen molar-refractivity contribution in [3.8, 4) is 0 Å². The van der Waals surface area contributed by atoms with Crippen molar-refractivity contribution in [1.29, 1.82) is 0 Å². The summed E-state index contributed by atoms with van der Waals surface area (Å²) in [6.07, 6.45) is 0. The molecular formula is C19H25IN2O. The first-order valence-electron chi connectivity index (χ1n) is 7.62. The fourth-order valence-electron chi connectivity index (χ4n) is 2.57. The molecule has 2 rings (SSSR count). The predicted octanol–water partition coefficient (Wildman–Crippen LogP) is 0.462. The molecule has 0 radical (unpaired) electrons. The van der Waals surface area contributed by atoms with E-state index in [-0.39, 0.29) is 41.7 Å². The number of hydrogen-bond acceptors (Lipinski definition) is 2. The van der Waals surface area contributed by atoms with Gasteiger partial charge in [0.05, 0.1) is 27.2 Å². The van der Waals surface area contributed by atoms with Crippen LogP contribution in [0.4, 0.5) is 0 Å². The fourth-order valence-corrected chi connectivity index (χ4v) is 2.57. The summed E-state index contributed by atoms with van der Waals surface area (Å²) in [5.74, 6) is 0.0116. The van der Waals surface area contributed by atoms with E-state index in [1.807, 2.05) is 55.5 Å². The Morgan fingerprint density at radius 2 is 1.39 bits per heavy atom. The summed E-state index contributed by atoms with van der Waals surface area (Å²) in [6, 6.07) is 19.6. The highest BCUT2D eigenvalue weighted by atomic mass is 127. The molecule has 0 aliphatic rings. The average Bonchev–Trinajstić information content (AvgIpc) is 2.52. The van der Waals surface area contributed by atoms with Crippen LogP contribution in [0.5, 0.6) is 0 Å². The van der Waals surface area contributed by atoms with Gasteiger partial charge in [0.25, 0.3) is 0 Å². The van der Waals surface area contributed by atoms with Crippen molar-refractivity contribution in [3.05, 3.63) is 71.8 Å². The van der Waals surface area contributed by atoms with Crippen LogP contribution in [0.2, 0.25) is 0 Å². The minimum atomic E-state index is -0.151. The van der Waals surface area contributed by atoms with Crippen molar-refractivity contribution >= 4 is 5.78 Å². The van der Waals surface area contributed by atoms with Crippen LogP contribution in [0.1, 0.15) is 28.9 Å². The van der Waals surface area contributed by atoms with Crippen LogP contribution in [-0.2, 0) is 0 Å². The Hall–Kier alpha value is -1.24. The molecule has 0 aliphatic carbocycles. The Morgan fingerprint density at radius 3 is 1.87 bits per heavy atom. The van der Waals surface area contributed by atoms with Gasteiger partial charge in [0.2, 0.25) is 0 Å². The molecule has 0 heterocycles. The lowest BCUT2D eigenvalue weighted by Gasteiger charge is -2.33. The molecule has 0 aliphatic heterocycles. The van der Waals surface area contributed by atoms with Gasteiger partial charge < -0.3 is 24.0 Å². The zero-order valence-corrected chi connectivity index (χ0v) is 16.3. The topological polar surface area (TPSA) is 29.1 Å².